The number of methoxy groups -OCH3 is 1. The van der Waals surface area contributed by atoms with Crippen molar-refractivity contribution in [2.75, 3.05) is 20.2 Å². The third kappa shape index (κ3) is 1.78. The molecular formula is C10H12N2O3. The van der Waals surface area contributed by atoms with Crippen molar-refractivity contribution in [3.05, 3.63) is 23.9 Å². The van der Waals surface area contributed by atoms with Gasteiger partial charge in [0.15, 0.2) is 0 Å². The highest BCUT2D eigenvalue weighted by Crippen LogP contribution is 2.19. The second kappa shape index (κ2) is 3.86. The van der Waals surface area contributed by atoms with Crippen LogP contribution in [-0.4, -0.2) is 47.2 Å². The van der Waals surface area contributed by atoms with Crippen LogP contribution in [0.3, 0.4) is 0 Å². The summed E-state index contributed by atoms with van der Waals surface area (Å²) in [5.74, 6) is 0.175. The Morgan fingerprint density at radius 2 is 2.40 bits per heavy atom. The molecule has 1 fully saturated rings. The van der Waals surface area contributed by atoms with E-state index in [2.05, 4.69) is 4.98 Å². The van der Waals surface area contributed by atoms with E-state index in [1.807, 2.05) is 0 Å². The number of hydrogen-bond acceptors (Lipinski definition) is 4. The van der Waals surface area contributed by atoms with Crippen LogP contribution in [0, 0.1) is 0 Å². The minimum absolute atomic E-state index is 0.148. The second-order valence-electron chi connectivity index (χ2n) is 3.42. The maximum Gasteiger partial charge on any atom is 0.259 e. The summed E-state index contributed by atoms with van der Waals surface area (Å²) >= 11 is 0. The summed E-state index contributed by atoms with van der Waals surface area (Å²) in [7, 11) is 1.48. The molecule has 1 aromatic rings. The molecule has 1 saturated heterocycles. The fraction of sp³-hybridized carbons (Fsp3) is 0.400. The number of ether oxygens (including phenoxy) is 1. The number of hydrogen-bond donors (Lipinski definition) is 1. The number of β-amino-alcohol motifs (C(OH)–C–C–N with tert-alkyl or cyclic N) is 1. The van der Waals surface area contributed by atoms with E-state index >= 15 is 0 Å². The largest absolute Gasteiger partial charge is 0.480 e. The fourth-order valence-corrected chi connectivity index (χ4v) is 1.51. The van der Waals surface area contributed by atoms with Gasteiger partial charge in [0.1, 0.15) is 5.56 Å². The first kappa shape index (κ1) is 9.92. The number of amides is 1. The number of carbonyl (C=O) groups is 1. The Bertz CT molecular complexity index is 375. The molecule has 15 heavy (non-hydrogen) atoms. The van der Waals surface area contributed by atoms with E-state index in [0.29, 0.717) is 24.5 Å². The molecule has 0 radical (unpaired) electrons. The normalized spacial score (nSPS) is 16.0. The predicted octanol–water partition coefficient (Wildman–Crippen LogP) is -0.0931. The van der Waals surface area contributed by atoms with Crippen molar-refractivity contribution in [1.82, 2.24) is 9.88 Å². The molecule has 2 heterocycles. The fourth-order valence-electron chi connectivity index (χ4n) is 1.51. The number of likely N-dealkylation sites (tertiary alicyclic amines) is 1. The predicted molar refractivity (Wildman–Crippen MR) is 52.7 cm³/mol. The van der Waals surface area contributed by atoms with Crippen LogP contribution < -0.4 is 4.74 Å². The van der Waals surface area contributed by atoms with Gasteiger partial charge in [0, 0.05) is 19.3 Å². The van der Waals surface area contributed by atoms with Crippen molar-refractivity contribution in [3.8, 4) is 5.88 Å². The Labute approximate surface area is 87.3 Å². The smallest absolute Gasteiger partial charge is 0.259 e. The van der Waals surface area contributed by atoms with Crippen molar-refractivity contribution in [2.45, 2.75) is 6.10 Å². The van der Waals surface area contributed by atoms with Gasteiger partial charge in [-0.3, -0.25) is 4.79 Å². The molecule has 1 amide bonds. The van der Waals surface area contributed by atoms with Crippen LogP contribution in [0.5, 0.6) is 5.88 Å². The maximum absolute atomic E-state index is 11.8. The number of rotatable bonds is 2. The molecule has 1 aliphatic heterocycles. The van der Waals surface area contributed by atoms with Gasteiger partial charge in [-0.15, -0.1) is 0 Å². The van der Waals surface area contributed by atoms with Gasteiger partial charge in [-0.25, -0.2) is 4.98 Å². The second-order valence-corrected chi connectivity index (χ2v) is 3.42. The molecule has 1 aromatic heterocycles. The first-order chi connectivity index (χ1) is 7.22. The van der Waals surface area contributed by atoms with Crippen LogP contribution >= 0.6 is 0 Å². The van der Waals surface area contributed by atoms with Crippen LogP contribution in [0.25, 0.3) is 0 Å². The summed E-state index contributed by atoms with van der Waals surface area (Å²) in [5, 5.41) is 9.10. The molecule has 0 atom stereocenters. The van der Waals surface area contributed by atoms with Gasteiger partial charge >= 0.3 is 0 Å². The molecule has 80 valence electrons. The molecule has 1 N–H and O–H groups in total. The van der Waals surface area contributed by atoms with Crippen LogP contribution in [0.1, 0.15) is 10.4 Å². The SMILES string of the molecule is COc1ncccc1C(=O)N1CC(O)C1. The Morgan fingerprint density at radius 3 is 3.00 bits per heavy atom. The Balaban J connectivity index is 2.18. The van der Waals surface area contributed by atoms with Gasteiger partial charge in [-0.05, 0) is 12.1 Å². The van der Waals surface area contributed by atoms with Crippen molar-refractivity contribution in [2.24, 2.45) is 0 Å². The standard InChI is InChI=1S/C10H12N2O3/c1-15-9-8(3-2-4-11-9)10(14)12-5-7(13)6-12/h2-4,7,13H,5-6H2,1H3. The molecule has 0 saturated carbocycles. The topological polar surface area (TPSA) is 62.7 Å². The lowest BCUT2D eigenvalue weighted by Crippen LogP contribution is -2.53. The maximum atomic E-state index is 11.8. The zero-order chi connectivity index (χ0) is 10.8. The van der Waals surface area contributed by atoms with Crippen LogP contribution in [0.2, 0.25) is 0 Å². The van der Waals surface area contributed by atoms with Crippen LogP contribution in [0.4, 0.5) is 0 Å². The van der Waals surface area contributed by atoms with Gasteiger partial charge in [-0.2, -0.15) is 0 Å². The number of nitrogens with zero attached hydrogens (tertiary/aromatic N) is 2. The molecule has 0 aromatic carbocycles. The minimum atomic E-state index is -0.392. The molecule has 5 heteroatoms. The van der Waals surface area contributed by atoms with Gasteiger partial charge < -0.3 is 14.7 Å². The van der Waals surface area contributed by atoms with E-state index in [1.165, 1.54) is 7.11 Å². The number of carbonyl (C=O) groups excluding carboxylic acids is 1. The summed E-state index contributed by atoms with van der Waals surface area (Å²) in [5.41, 5.74) is 0.437. The summed E-state index contributed by atoms with van der Waals surface area (Å²) < 4.78 is 4.99. The van der Waals surface area contributed by atoms with Gasteiger partial charge in [0.05, 0.1) is 13.2 Å². The van der Waals surface area contributed by atoms with Crippen LogP contribution in [0.15, 0.2) is 18.3 Å². The van der Waals surface area contributed by atoms with Gasteiger partial charge in [0.25, 0.3) is 5.91 Å². The quantitative estimate of drug-likeness (QED) is 0.737. The molecule has 0 unspecified atom stereocenters. The highest BCUT2D eigenvalue weighted by molar-refractivity contribution is 5.96. The monoisotopic (exact) mass is 208 g/mol. The zero-order valence-electron chi connectivity index (χ0n) is 8.38. The van der Waals surface area contributed by atoms with E-state index in [4.69, 9.17) is 9.84 Å². The molecule has 5 nitrogen and oxygen atoms in total. The third-order valence-corrected chi connectivity index (χ3v) is 2.34. The third-order valence-electron chi connectivity index (χ3n) is 2.34. The molecular weight excluding hydrogens is 196 g/mol. The van der Waals surface area contributed by atoms with Crippen molar-refractivity contribution >= 4 is 5.91 Å². The van der Waals surface area contributed by atoms with Gasteiger partial charge in [-0.1, -0.05) is 0 Å². The lowest BCUT2D eigenvalue weighted by molar-refractivity contribution is 0.00565. The lowest BCUT2D eigenvalue weighted by atomic mass is 10.1. The zero-order valence-corrected chi connectivity index (χ0v) is 8.38. The lowest BCUT2D eigenvalue weighted by Gasteiger charge is -2.35. The number of pyridine rings is 1. The van der Waals surface area contributed by atoms with E-state index in [1.54, 1.807) is 23.2 Å². The number of aliphatic hydroxyl groups is 1. The summed E-state index contributed by atoms with van der Waals surface area (Å²) in [6, 6.07) is 3.35. The van der Waals surface area contributed by atoms with E-state index in [0.717, 1.165) is 0 Å². The molecule has 2 rings (SSSR count). The first-order valence-electron chi connectivity index (χ1n) is 4.68. The highest BCUT2D eigenvalue weighted by Gasteiger charge is 2.31. The molecule has 0 bridgehead atoms. The molecule has 1 aliphatic rings. The first-order valence-corrected chi connectivity index (χ1v) is 4.68. The van der Waals surface area contributed by atoms with Crippen molar-refractivity contribution < 1.29 is 14.6 Å². The average Bonchev–Trinajstić information content (AvgIpc) is 2.24. The van der Waals surface area contributed by atoms with Crippen molar-refractivity contribution in [1.29, 1.82) is 0 Å². The van der Waals surface area contributed by atoms with E-state index in [9.17, 15) is 4.79 Å². The summed E-state index contributed by atoms with van der Waals surface area (Å²) in [6.07, 6.45) is 1.18. The highest BCUT2D eigenvalue weighted by atomic mass is 16.5. The average molecular weight is 208 g/mol. The Hall–Kier alpha value is -1.62. The number of aromatic nitrogens is 1. The summed E-state index contributed by atoms with van der Waals surface area (Å²) in [4.78, 5) is 17.4. The van der Waals surface area contributed by atoms with E-state index < -0.39 is 6.10 Å². The molecule has 0 spiro atoms. The van der Waals surface area contributed by atoms with Crippen molar-refractivity contribution in [3.63, 3.8) is 0 Å². The Kier molecular flexibility index (Phi) is 2.55. The summed E-state index contributed by atoms with van der Waals surface area (Å²) in [6.45, 7) is 0.772. The molecule has 0 aliphatic carbocycles. The van der Waals surface area contributed by atoms with Crippen LogP contribution in [-0.2, 0) is 0 Å². The minimum Gasteiger partial charge on any atom is -0.480 e. The van der Waals surface area contributed by atoms with Gasteiger partial charge in [0.2, 0.25) is 5.88 Å². The Morgan fingerprint density at radius 1 is 1.67 bits per heavy atom. The number of aliphatic hydroxyl groups excluding tert-OH is 1. The van der Waals surface area contributed by atoms with E-state index in [-0.39, 0.29) is 5.91 Å².